The maximum absolute atomic E-state index is 5.59. The van der Waals surface area contributed by atoms with Crippen molar-refractivity contribution in [2.45, 2.75) is 45.7 Å². The van der Waals surface area contributed by atoms with Gasteiger partial charge < -0.3 is 9.73 Å². The SMILES string of the molecule is CCC1(C)CSC(=NC(C)c2ccc(C)o2)N1. The topological polar surface area (TPSA) is 37.5 Å². The summed E-state index contributed by atoms with van der Waals surface area (Å²) < 4.78 is 5.59. The largest absolute Gasteiger partial charge is 0.464 e. The molecule has 1 aromatic rings. The second-order valence-electron chi connectivity index (χ2n) is 4.89. The molecule has 94 valence electrons. The predicted molar refractivity (Wildman–Crippen MR) is 73.6 cm³/mol. The van der Waals surface area contributed by atoms with Crippen LogP contribution in [-0.2, 0) is 0 Å². The molecule has 17 heavy (non-hydrogen) atoms. The lowest BCUT2D eigenvalue weighted by molar-refractivity contribution is 0.451. The van der Waals surface area contributed by atoms with E-state index in [1.165, 1.54) is 0 Å². The summed E-state index contributed by atoms with van der Waals surface area (Å²) in [5.41, 5.74) is 0.197. The first kappa shape index (κ1) is 12.6. The molecule has 1 aromatic heterocycles. The highest BCUT2D eigenvalue weighted by Gasteiger charge is 2.30. The van der Waals surface area contributed by atoms with E-state index in [4.69, 9.17) is 4.42 Å². The number of aliphatic imine (C=N–C) groups is 1. The van der Waals surface area contributed by atoms with Crippen molar-refractivity contribution in [1.29, 1.82) is 0 Å². The van der Waals surface area contributed by atoms with Crippen LogP contribution in [0.15, 0.2) is 21.5 Å². The number of nitrogens with zero attached hydrogens (tertiary/aromatic N) is 1. The van der Waals surface area contributed by atoms with Crippen molar-refractivity contribution in [2.24, 2.45) is 4.99 Å². The molecule has 2 rings (SSSR count). The van der Waals surface area contributed by atoms with Crippen molar-refractivity contribution in [1.82, 2.24) is 5.32 Å². The molecule has 2 unspecified atom stereocenters. The Morgan fingerprint density at radius 1 is 1.59 bits per heavy atom. The monoisotopic (exact) mass is 252 g/mol. The Labute approximate surface area is 107 Å². The number of aryl methyl sites for hydroxylation is 1. The summed E-state index contributed by atoms with van der Waals surface area (Å²) in [7, 11) is 0. The number of thioether (sulfide) groups is 1. The van der Waals surface area contributed by atoms with Crippen LogP contribution >= 0.6 is 11.8 Å². The molecule has 4 heteroatoms. The Kier molecular flexibility index (Phi) is 3.52. The summed E-state index contributed by atoms with van der Waals surface area (Å²) in [5.74, 6) is 2.96. The molecule has 1 fully saturated rings. The van der Waals surface area contributed by atoms with E-state index >= 15 is 0 Å². The van der Waals surface area contributed by atoms with Crippen LogP contribution in [0.2, 0.25) is 0 Å². The molecule has 0 bridgehead atoms. The van der Waals surface area contributed by atoms with Gasteiger partial charge in [0, 0.05) is 11.3 Å². The molecule has 0 radical (unpaired) electrons. The van der Waals surface area contributed by atoms with Crippen molar-refractivity contribution in [3.8, 4) is 0 Å². The maximum Gasteiger partial charge on any atom is 0.157 e. The zero-order valence-corrected chi connectivity index (χ0v) is 11.7. The zero-order valence-electron chi connectivity index (χ0n) is 10.9. The minimum atomic E-state index is 0.0814. The van der Waals surface area contributed by atoms with Gasteiger partial charge in [0.05, 0.1) is 0 Å². The van der Waals surface area contributed by atoms with Crippen LogP contribution in [-0.4, -0.2) is 16.5 Å². The third-order valence-corrected chi connectivity index (χ3v) is 4.46. The van der Waals surface area contributed by atoms with Crippen molar-refractivity contribution in [3.63, 3.8) is 0 Å². The van der Waals surface area contributed by atoms with E-state index in [9.17, 15) is 0 Å². The van der Waals surface area contributed by atoms with Crippen molar-refractivity contribution in [2.75, 3.05) is 5.75 Å². The molecule has 1 saturated heterocycles. The Balaban J connectivity index is 2.06. The van der Waals surface area contributed by atoms with Gasteiger partial charge in [-0.15, -0.1) is 0 Å². The molecule has 1 aliphatic heterocycles. The summed E-state index contributed by atoms with van der Waals surface area (Å²) in [6.45, 7) is 8.47. The maximum atomic E-state index is 5.59. The number of nitrogens with one attached hydrogen (secondary N) is 1. The lowest BCUT2D eigenvalue weighted by atomic mass is 10.0. The lowest BCUT2D eigenvalue weighted by Gasteiger charge is -2.21. The standard InChI is InChI=1S/C13H20N2OS/c1-5-13(4)8-17-12(15-13)14-10(3)11-7-6-9(2)16-11/h6-7,10H,5,8H2,1-4H3,(H,14,15). The highest BCUT2D eigenvalue weighted by Crippen LogP contribution is 2.28. The van der Waals surface area contributed by atoms with Gasteiger partial charge in [-0.3, -0.25) is 4.99 Å². The molecule has 2 atom stereocenters. The van der Waals surface area contributed by atoms with E-state index in [1.807, 2.05) is 19.1 Å². The first-order valence-corrected chi connectivity index (χ1v) is 7.06. The number of rotatable bonds is 3. The van der Waals surface area contributed by atoms with Gasteiger partial charge in [-0.05, 0) is 39.3 Å². The van der Waals surface area contributed by atoms with Gasteiger partial charge in [0.25, 0.3) is 0 Å². The van der Waals surface area contributed by atoms with Crippen LogP contribution in [0.5, 0.6) is 0 Å². The Hall–Kier alpha value is -0.900. The summed E-state index contributed by atoms with van der Waals surface area (Å²) in [4.78, 5) is 4.68. The van der Waals surface area contributed by atoms with Gasteiger partial charge in [-0.25, -0.2) is 0 Å². The minimum Gasteiger partial charge on any atom is -0.464 e. The van der Waals surface area contributed by atoms with Crippen LogP contribution in [0, 0.1) is 6.92 Å². The molecule has 1 N–H and O–H groups in total. The fourth-order valence-corrected chi connectivity index (χ4v) is 3.02. The molecule has 0 saturated carbocycles. The highest BCUT2D eigenvalue weighted by atomic mass is 32.2. The van der Waals surface area contributed by atoms with E-state index in [0.29, 0.717) is 0 Å². The van der Waals surface area contributed by atoms with E-state index in [-0.39, 0.29) is 11.6 Å². The average molecular weight is 252 g/mol. The van der Waals surface area contributed by atoms with Gasteiger partial charge in [-0.2, -0.15) is 0 Å². The Bertz CT molecular complexity index is 427. The van der Waals surface area contributed by atoms with Gasteiger partial charge in [0.1, 0.15) is 17.6 Å². The molecular weight excluding hydrogens is 232 g/mol. The minimum absolute atomic E-state index is 0.0814. The molecule has 0 amide bonds. The predicted octanol–water partition coefficient (Wildman–Crippen LogP) is 3.51. The van der Waals surface area contributed by atoms with Gasteiger partial charge in [0.15, 0.2) is 5.17 Å². The van der Waals surface area contributed by atoms with Crippen LogP contribution in [0.1, 0.15) is 44.8 Å². The first-order valence-electron chi connectivity index (χ1n) is 6.07. The molecule has 0 spiro atoms. The van der Waals surface area contributed by atoms with E-state index < -0.39 is 0 Å². The quantitative estimate of drug-likeness (QED) is 0.894. The number of hydrogen-bond acceptors (Lipinski definition) is 3. The second kappa shape index (κ2) is 4.77. The first-order chi connectivity index (χ1) is 8.02. The van der Waals surface area contributed by atoms with E-state index in [0.717, 1.165) is 28.9 Å². The van der Waals surface area contributed by atoms with Crippen LogP contribution in [0.3, 0.4) is 0 Å². The molecule has 0 aliphatic carbocycles. The van der Waals surface area contributed by atoms with Gasteiger partial charge in [-0.1, -0.05) is 18.7 Å². The van der Waals surface area contributed by atoms with E-state index in [2.05, 4.69) is 31.1 Å². The smallest absolute Gasteiger partial charge is 0.157 e. The van der Waals surface area contributed by atoms with Crippen LogP contribution < -0.4 is 5.32 Å². The normalized spacial score (nSPS) is 28.4. The summed E-state index contributed by atoms with van der Waals surface area (Å²) in [6, 6.07) is 4.07. The molecule has 3 nitrogen and oxygen atoms in total. The molecule has 1 aliphatic rings. The van der Waals surface area contributed by atoms with Gasteiger partial charge >= 0.3 is 0 Å². The van der Waals surface area contributed by atoms with Crippen molar-refractivity contribution < 1.29 is 4.42 Å². The van der Waals surface area contributed by atoms with Gasteiger partial charge in [0.2, 0.25) is 0 Å². The van der Waals surface area contributed by atoms with Crippen molar-refractivity contribution in [3.05, 3.63) is 23.7 Å². The third-order valence-electron chi connectivity index (χ3n) is 3.20. The second-order valence-corrected chi connectivity index (χ2v) is 5.85. The summed E-state index contributed by atoms with van der Waals surface area (Å²) in [6.07, 6.45) is 1.12. The Morgan fingerprint density at radius 3 is 2.88 bits per heavy atom. The summed E-state index contributed by atoms with van der Waals surface area (Å²) >= 11 is 1.80. The Morgan fingerprint density at radius 2 is 2.35 bits per heavy atom. The fourth-order valence-electron chi connectivity index (χ4n) is 1.74. The fraction of sp³-hybridized carbons (Fsp3) is 0.615. The van der Waals surface area contributed by atoms with E-state index in [1.54, 1.807) is 11.8 Å². The third kappa shape index (κ3) is 2.86. The molecule has 0 aromatic carbocycles. The van der Waals surface area contributed by atoms with Crippen LogP contribution in [0.25, 0.3) is 0 Å². The van der Waals surface area contributed by atoms with Crippen molar-refractivity contribution >= 4 is 16.9 Å². The number of furan rings is 1. The lowest BCUT2D eigenvalue weighted by Crippen LogP contribution is -2.39. The molecule has 2 heterocycles. The molecular formula is C13H20N2OS. The summed E-state index contributed by atoms with van der Waals surface area (Å²) in [5, 5.41) is 4.53. The average Bonchev–Trinajstić information content (AvgIpc) is 2.86. The number of hydrogen-bond donors (Lipinski definition) is 1. The highest BCUT2D eigenvalue weighted by molar-refractivity contribution is 8.14. The zero-order chi connectivity index (χ0) is 12.5. The van der Waals surface area contributed by atoms with Crippen LogP contribution in [0.4, 0.5) is 0 Å². The number of amidine groups is 1.